The number of benzene rings is 1. The maximum absolute atomic E-state index is 10.5. The SMILES string of the molecule is O=C(I)C=Cc1ccccc1O. The molecule has 0 bridgehead atoms. The van der Waals surface area contributed by atoms with Crippen LogP contribution < -0.4 is 0 Å². The van der Waals surface area contributed by atoms with E-state index in [2.05, 4.69) is 0 Å². The number of phenols is 1. The molecule has 0 atom stereocenters. The Bertz CT molecular complexity index is 318. The Kier molecular flexibility index (Phi) is 3.28. The van der Waals surface area contributed by atoms with E-state index in [-0.39, 0.29) is 9.54 Å². The summed E-state index contributed by atoms with van der Waals surface area (Å²) >= 11 is 1.67. The topological polar surface area (TPSA) is 37.3 Å². The smallest absolute Gasteiger partial charge is 0.215 e. The molecular weight excluding hydrogens is 267 g/mol. The van der Waals surface area contributed by atoms with Crippen LogP contribution in [-0.2, 0) is 4.79 Å². The van der Waals surface area contributed by atoms with Gasteiger partial charge in [0, 0.05) is 28.2 Å². The van der Waals surface area contributed by atoms with Gasteiger partial charge < -0.3 is 5.11 Å². The first-order chi connectivity index (χ1) is 5.70. The van der Waals surface area contributed by atoms with Crippen LogP contribution >= 0.6 is 22.6 Å². The summed E-state index contributed by atoms with van der Waals surface area (Å²) in [6.45, 7) is 0. The monoisotopic (exact) mass is 274 g/mol. The van der Waals surface area contributed by atoms with Crippen LogP contribution in [0.1, 0.15) is 5.56 Å². The van der Waals surface area contributed by atoms with Gasteiger partial charge in [-0.15, -0.1) is 0 Å². The van der Waals surface area contributed by atoms with Crippen molar-refractivity contribution in [3.63, 3.8) is 0 Å². The first-order valence-electron chi connectivity index (χ1n) is 3.35. The minimum atomic E-state index is -0.0594. The minimum absolute atomic E-state index is 0.0594. The number of allylic oxidation sites excluding steroid dienone is 1. The van der Waals surface area contributed by atoms with E-state index in [1.165, 1.54) is 6.08 Å². The van der Waals surface area contributed by atoms with Gasteiger partial charge in [0.1, 0.15) is 5.75 Å². The van der Waals surface area contributed by atoms with E-state index in [1.54, 1.807) is 52.9 Å². The average Bonchev–Trinajstić information content (AvgIpc) is 2.03. The molecule has 1 aromatic carbocycles. The van der Waals surface area contributed by atoms with Crippen molar-refractivity contribution in [1.29, 1.82) is 0 Å². The van der Waals surface area contributed by atoms with Crippen LogP contribution in [0.2, 0.25) is 0 Å². The van der Waals surface area contributed by atoms with Gasteiger partial charge in [0.15, 0.2) is 0 Å². The summed E-state index contributed by atoms with van der Waals surface area (Å²) in [6, 6.07) is 6.86. The predicted molar refractivity (Wildman–Crippen MR) is 56.2 cm³/mol. The molecule has 0 aromatic heterocycles. The van der Waals surface area contributed by atoms with Crippen molar-refractivity contribution in [2.24, 2.45) is 0 Å². The summed E-state index contributed by atoms with van der Waals surface area (Å²) in [7, 11) is 0. The number of carbonyl (C=O) groups excluding carboxylic acids is 1. The molecule has 0 amide bonds. The quantitative estimate of drug-likeness (QED) is 0.510. The van der Waals surface area contributed by atoms with E-state index < -0.39 is 0 Å². The van der Waals surface area contributed by atoms with E-state index in [9.17, 15) is 9.90 Å². The van der Waals surface area contributed by atoms with Gasteiger partial charge >= 0.3 is 0 Å². The molecular formula is C9H7IO2. The van der Waals surface area contributed by atoms with Gasteiger partial charge in [0.05, 0.1) is 0 Å². The van der Waals surface area contributed by atoms with Crippen molar-refractivity contribution < 1.29 is 9.90 Å². The zero-order valence-corrected chi connectivity index (χ0v) is 8.36. The van der Waals surface area contributed by atoms with E-state index >= 15 is 0 Å². The van der Waals surface area contributed by atoms with E-state index in [4.69, 9.17) is 0 Å². The van der Waals surface area contributed by atoms with Gasteiger partial charge in [-0.1, -0.05) is 18.2 Å². The van der Waals surface area contributed by atoms with E-state index in [1.807, 2.05) is 0 Å². The fourth-order valence-electron chi connectivity index (χ4n) is 0.784. The predicted octanol–water partition coefficient (Wildman–Crippen LogP) is 2.37. The molecule has 0 saturated carbocycles. The number of carbonyl (C=O) groups is 1. The molecule has 0 saturated heterocycles. The van der Waals surface area contributed by atoms with Crippen molar-refractivity contribution in [2.45, 2.75) is 0 Å². The molecule has 12 heavy (non-hydrogen) atoms. The number of rotatable bonds is 2. The van der Waals surface area contributed by atoms with Crippen LogP contribution in [0.4, 0.5) is 0 Å². The Morgan fingerprint density at radius 3 is 2.67 bits per heavy atom. The lowest BCUT2D eigenvalue weighted by Gasteiger charge is -1.95. The summed E-state index contributed by atoms with van der Waals surface area (Å²) in [4.78, 5) is 10.5. The number of para-hydroxylation sites is 1. The molecule has 3 heteroatoms. The number of hydrogen-bond acceptors (Lipinski definition) is 2. The lowest BCUT2D eigenvalue weighted by Crippen LogP contribution is -1.76. The third-order valence-electron chi connectivity index (χ3n) is 1.33. The Morgan fingerprint density at radius 1 is 1.42 bits per heavy atom. The number of phenolic OH excluding ortho intramolecular Hbond substituents is 1. The zero-order valence-electron chi connectivity index (χ0n) is 6.20. The molecule has 0 radical (unpaired) electrons. The van der Waals surface area contributed by atoms with Crippen LogP contribution in [0.25, 0.3) is 6.08 Å². The second-order valence-corrected chi connectivity index (χ2v) is 3.26. The largest absolute Gasteiger partial charge is 0.507 e. The van der Waals surface area contributed by atoms with Crippen molar-refractivity contribution in [3.8, 4) is 5.75 Å². The van der Waals surface area contributed by atoms with Gasteiger partial charge in [-0.25, -0.2) is 0 Å². The molecule has 0 unspecified atom stereocenters. The highest BCUT2D eigenvalue weighted by Crippen LogP contribution is 2.16. The fraction of sp³-hybridized carbons (Fsp3) is 0. The van der Waals surface area contributed by atoms with Crippen LogP contribution in [0.3, 0.4) is 0 Å². The molecule has 1 aromatic rings. The van der Waals surface area contributed by atoms with Crippen LogP contribution in [0.5, 0.6) is 5.75 Å². The van der Waals surface area contributed by atoms with Crippen molar-refractivity contribution >= 4 is 32.5 Å². The van der Waals surface area contributed by atoms with Crippen LogP contribution in [0, 0.1) is 0 Å². The van der Waals surface area contributed by atoms with Gasteiger partial charge in [0.2, 0.25) is 3.79 Å². The summed E-state index contributed by atoms with van der Waals surface area (Å²) < 4.78 is -0.0594. The number of hydrogen-bond donors (Lipinski definition) is 1. The number of aromatic hydroxyl groups is 1. The van der Waals surface area contributed by atoms with Crippen molar-refractivity contribution in [2.75, 3.05) is 0 Å². The fourth-order valence-corrected chi connectivity index (χ4v) is 0.964. The highest BCUT2D eigenvalue weighted by molar-refractivity contribution is 14.1. The number of halogens is 1. The highest BCUT2D eigenvalue weighted by Gasteiger charge is 1.93. The van der Waals surface area contributed by atoms with Gasteiger partial charge in [-0.2, -0.15) is 0 Å². The third-order valence-corrected chi connectivity index (χ3v) is 1.69. The summed E-state index contributed by atoms with van der Waals surface area (Å²) in [5.74, 6) is 0.186. The standard InChI is InChI=1S/C9H7IO2/c10-9(12)6-5-7-3-1-2-4-8(7)11/h1-6,11H. The summed E-state index contributed by atoms with van der Waals surface area (Å²) in [5, 5.41) is 9.26. The molecule has 2 nitrogen and oxygen atoms in total. The second kappa shape index (κ2) is 4.25. The summed E-state index contributed by atoms with van der Waals surface area (Å²) in [5.41, 5.74) is 0.655. The van der Waals surface area contributed by atoms with Crippen molar-refractivity contribution in [1.82, 2.24) is 0 Å². The maximum Gasteiger partial charge on any atom is 0.215 e. The summed E-state index contributed by atoms with van der Waals surface area (Å²) in [6.07, 6.45) is 3.00. The highest BCUT2D eigenvalue weighted by atomic mass is 127. The second-order valence-electron chi connectivity index (χ2n) is 2.20. The molecule has 0 aliphatic rings. The Hall–Kier alpha value is -0.840. The van der Waals surface area contributed by atoms with Gasteiger partial charge in [-0.3, -0.25) is 4.79 Å². The maximum atomic E-state index is 10.5. The molecule has 0 heterocycles. The first kappa shape index (κ1) is 9.25. The minimum Gasteiger partial charge on any atom is -0.507 e. The molecule has 0 spiro atoms. The zero-order chi connectivity index (χ0) is 8.97. The van der Waals surface area contributed by atoms with Crippen molar-refractivity contribution in [3.05, 3.63) is 35.9 Å². The van der Waals surface area contributed by atoms with Crippen LogP contribution in [0.15, 0.2) is 30.3 Å². The lowest BCUT2D eigenvalue weighted by molar-refractivity contribution is -0.105. The molecule has 0 aliphatic heterocycles. The molecule has 0 aliphatic carbocycles. The molecule has 1 rings (SSSR count). The Labute approximate surface area is 84.1 Å². The third kappa shape index (κ3) is 2.65. The first-order valence-corrected chi connectivity index (χ1v) is 4.43. The van der Waals surface area contributed by atoms with E-state index in [0.717, 1.165) is 0 Å². The molecule has 62 valence electrons. The Balaban J connectivity index is 2.89. The lowest BCUT2D eigenvalue weighted by atomic mass is 10.2. The van der Waals surface area contributed by atoms with Crippen LogP contribution in [-0.4, -0.2) is 8.90 Å². The van der Waals surface area contributed by atoms with Gasteiger partial charge in [0.25, 0.3) is 0 Å². The average molecular weight is 274 g/mol. The van der Waals surface area contributed by atoms with E-state index in [0.29, 0.717) is 5.56 Å². The molecule has 0 fully saturated rings. The van der Waals surface area contributed by atoms with Gasteiger partial charge in [-0.05, 0) is 18.2 Å². The normalized spacial score (nSPS) is 10.4. The molecule has 1 N–H and O–H groups in total. The Morgan fingerprint density at radius 2 is 2.08 bits per heavy atom.